The maximum absolute atomic E-state index is 12.1. The van der Waals surface area contributed by atoms with Crippen molar-refractivity contribution in [3.8, 4) is 0 Å². The number of carbonyl (C=O) groups is 1. The van der Waals surface area contributed by atoms with Gasteiger partial charge in [-0.1, -0.05) is 44.5 Å². The number of benzene rings is 1. The molecule has 0 radical (unpaired) electrons. The molecule has 4 heteroatoms. The normalized spacial score (nSPS) is 25.6. The summed E-state index contributed by atoms with van der Waals surface area (Å²) in [5, 5.41) is 0. The van der Waals surface area contributed by atoms with Crippen LogP contribution in [-0.4, -0.2) is 25.0 Å². The summed E-state index contributed by atoms with van der Waals surface area (Å²) >= 11 is 0. The molecule has 0 aromatic heterocycles. The predicted octanol–water partition coefficient (Wildman–Crippen LogP) is 4.31. The summed E-state index contributed by atoms with van der Waals surface area (Å²) in [6.45, 7) is 6.03. The lowest BCUT2D eigenvalue weighted by atomic mass is 9.94. The lowest BCUT2D eigenvalue weighted by Crippen LogP contribution is -2.35. The van der Waals surface area contributed by atoms with Crippen LogP contribution < -0.4 is 0 Å². The molecule has 3 rings (SSSR count). The van der Waals surface area contributed by atoms with Gasteiger partial charge in [0, 0.05) is 12.8 Å². The van der Waals surface area contributed by atoms with Crippen LogP contribution in [0.1, 0.15) is 63.2 Å². The Labute approximate surface area is 139 Å². The molecule has 1 spiro atoms. The van der Waals surface area contributed by atoms with Gasteiger partial charge in [0.1, 0.15) is 6.10 Å². The Morgan fingerprint density at radius 1 is 1.13 bits per heavy atom. The quantitative estimate of drug-likeness (QED) is 0.762. The average molecular weight is 320 g/mol. The number of methoxy groups -OCH3 is 1. The molecule has 1 aromatic carbocycles. The summed E-state index contributed by atoms with van der Waals surface area (Å²) in [4.78, 5) is 12.1. The summed E-state index contributed by atoms with van der Waals surface area (Å²) < 4.78 is 17.3. The van der Waals surface area contributed by atoms with Crippen LogP contribution in [0.2, 0.25) is 0 Å². The molecular formula is C19H28O4. The molecule has 1 aliphatic carbocycles. The lowest BCUT2D eigenvalue weighted by molar-refractivity contribution is -0.199. The van der Waals surface area contributed by atoms with Crippen molar-refractivity contribution in [1.29, 1.82) is 0 Å². The Morgan fingerprint density at radius 2 is 1.78 bits per heavy atom. The van der Waals surface area contributed by atoms with E-state index >= 15 is 0 Å². The second-order valence-corrected chi connectivity index (χ2v) is 5.93. The minimum Gasteiger partial charge on any atom is -0.467 e. The largest absolute Gasteiger partial charge is 0.467 e. The maximum Gasteiger partial charge on any atom is 0.338 e. The van der Waals surface area contributed by atoms with Gasteiger partial charge >= 0.3 is 5.97 Å². The van der Waals surface area contributed by atoms with Crippen LogP contribution >= 0.6 is 0 Å². The van der Waals surface area contributed by atoms with Crippen molar-refractivity contribution in [2.24, 2.45) is 0 Å². The first-order valence-corrected chi connectivity index (χ1v) is 8.64. The Morgan fingerprint density at radius 3 is 2.39 bits per heavy atom. The molecule has 23 heavy (non-hydrogen) atoms. The number of hydrogen-bond acceptors (Lipinski definition) is 4. The second kappa shape index (κ2) is 7.93. The summed E-state index contributed by atoms with van der Waals surface area (Å²) in [6, 6.07) is 7.98. The highest BCUT2D eigenvalue weighted by Crippen LogP contribution is 2.46. The van der Waals surface area contributed by atoms with Gasteiger partial charge in [0.2, 0.25) is 0 Å². The molecule has 2 fully saturated rings. The Kier molecular flexibility index (Phi) is 6.19. The van der Waals surface area contributed by atoms with Crippen molar-refractivity contribution in [1.82, 2.24) is 0 Å². The number of ether oxygens (including phenoxy) is 3. The van der Waals surface area contributed by atoms with Crippen molar-refractivity contribution in [3.63, 3.8) is 0 Å². The topological polar surface area (TPSA) is 44.8 Å². The Balaban J connectivity index is 0.000000924. The predicted molar refractivity (Wildman–Crippen MR) is 89.1 cm³/mol. The molecule has 1 aromatic rings. The standard InChI is InChI=1S/C17H22O4.C2H6/c1-12-8-4-5-9-13(12)14-15(16(18)19-2)21-17(20-14)10-6-3-7-11-17;1-2/h4-5,8-9,14-15H,3,6-7,10-11H2,1-2H3;1-2H3/t14-,15+;/m0./s1. The van der Waals surface area contributed by atoms with Crippen LogP contribution in [-0.2, 0) is 19.0 Å². The van der Waals surface area contributed by atoms with E-state index in [4.69, 9.17) is 14.2 Å². The second-order valence-electron chi connectivity index (χ2n) is 5.93. The highest BCUT2D eigenvalue weighted by Gasteiger charge is 2.52. The van der Waals surface area contributed by atoms with Crippen molar-refractivity contribution >= 4 is 5.97 Å². The van der Waals surface area contributed by atoms with Gasteiger partial charge in [0.25, 0.3) is 0 Å². The van der Waals surface area contributed by atoms with Crippen LogP contribution in [0.15, 0.2) is 24.3 Å². The first-order chi connectivity index (χ1) is 11.2. The zero-order valence-corrected chi connectivity index (χ0v) is 14.6. The van der Waals surface area contributed by atoms with E-state index in [0.29, 0.717) is 0 Å². The fourth-order valence-electron chi connectivity index (χ4n) is 3.36. The molecule has 0 unspecified atom stereocenters. The zero-order chi connectivity index (χ0) is 16.9. The van der Waals surface area contributed by atoms with Crippen LogP contribution in [0.5, 0.6) is 0 Å². The number of aryl methyl sites for hydroxylation is 1. The zero-order valence-electron chi connectivity index (χ0n) is 14.6. The van der Waals surface area contributed by atoms with Crippen molar-refractivity contribution in [2.75, 3.05) is 7.11 Å². The van der Waals surface area contributed by atoms with E-state index in [1.54, 1.807) is 0 Å². The van der Waals surface area contributed by atoms with Crippen molar-refractivity contribution in [2.45, 2.75) is 70.9 Å². The fourth-order valence-corrected chi connectivity index (χ4v) is 3.36. The number of esters is 1. The highest BCUT2D eigenvalue weighted by atomic mass is 16.8. The van der Waals surface area contributed by atoms with Gasteiger partial charge in [0.05, 0.1) is 7.11 Å². The summed E-state index contributed by atoms with van der Waals surface area (Å²) in [6.07, 6.45) is 4.01. The molecule has 1 saturated heterocycles. The molecule has 128 valence electrons. The van der Waals surface area contributed by atoms with E-state index in [0.717, 1.165) is 36.8 Å². The minimum absolute atomic E-state index is 0.356. The van der Waals surface area contributed by atoms with Crippen molar-refractivity contribution in [3.05, 3.63) is 35.4 Å². The molecule has 0 N–H and O–H groups in total. The molecule has 4 nitrogen and oxygen atoms in total. The van der Waals surface area contributed by atoms with Gasteiger partial charge in [-0.2, -0.15) is 0 Å². The smallest absolute Gasteiger partial charge is 0.338 e. The monoisotopic (exact) mass is 320 g/mol. The third-order valence-electron chi connectivity index (χ3n) is 4.50. The number of rotatable bonds is 2. The molecule has 2 atom stereocenters. The summed E-state index contributed by atoms with van der Waals surface area (Å²) in [5.74, 6) is -0.963. The highest BCUT2D eigenvalue weighted by molar-refractivity contribution is 5.76. The minimum atomic E-state index is -0.672. The first-order valence-electron chi connectivity index (χ1n) is 8.64. The van der Waals surface area contributed by atoms with E-state index in [-0.39, 0.29) is 12.1 Å². The van der Waals surface area contributed by atoms with Crippen LogP contribution in [0.4, 0.5) is 0 Å². The van der Waals surface area contributed by atoms with E-state index in [1.165, 1.54) is 13.5 Å². The number of carbonyl (C=O) groups excluding carboxylic acids is 1. The van der Waals surface area contributed by atoms with E-state index < -0.39 is 11.9 Å². The van der Waals surface area contributed by atoms with E-state index in [1.807, 2.05) is 45.0 Å². The third-order valence-corrected chi connectivity index (χ3v) is 4.50. The fraction of sp³-hybridized carbons (Fsp3) is 0.632. The average Bonchev–Trinajstić information content (AvgIpc) is 2.96. The van der Waals surface area contributed by atoms with Gasteiger partial charge in [-0.25, -0.2) is 4.79 Å². The summed E-state index contributed by atoms with van der Waals surface area (Å²) in [5.41, 5.74) is 2.11. The summed E-state index contributed by atoms with van der Waals surface area (Å²) in [7, 11) is 1.40. The van der Waals surface area contributed by atoms with Crippen LogP contribution in [0.25, 0.3) is 0 Å². The van der Waals surface area contributed by atoms with Gasteiger partial charge in [-0.15, -0.1) is 0 Å². The van der Waals surface area contributed by atoms with E-state index in [2.05, 4.69) is 0 Å². The lowest BCUT2D eigenvalue weighted by Gasteiger charge is -2.31. The maximum atomic E-state index is 12.1. The Bertz CT molecular complexity index is 520. The molecule has 1 saturated carbocycles. The molecule has 2 aliphatic rings. The van der Waals surface area contributed by atoms with Gasteiger partial charge in [-0.3, -0.25) is 0 Å². The molecule has 0 bridgehead atoms. The SMILES string of the molecule is CC.COC(=O)[C@@H]1OC2(CCCCC2)O[C@H]1c1ccccc1C. The molecular weight excluding hydrogens is 292 g/mol. The Hall–Kier alpha value is -1.39. The number of hydrogen-bond donors (Lipinski definition) is 0. The van der Waals surface area contributed by atoms with Crippen LogP contribution in [0.3, 0.4) is 0 Å². The van der Waals surface area contributed by atoms with Crippen LogP contribution in [0, 0.1) is 6.92 Å². The van der Waals surface area contributed by atoms with Gasteiger partial charge < -0.3 is 14.2 Å². The molecule has 1 aliphatic heterocycles. The molecule has 1 heterocycles. The van der Waals surface area contributed by atoms with Gasteiger partial charge in [0.15, 0.2) is 11.9 Å². The van der Waals surface area contributed by atoms with E-state index in [9.17, 15) is 4.79 Å². The van der Waals surface area contributed by atoms with Crippen molar-refractivity contribution < 1.29 is 19.0 Å². The first kappa shape index (κ1) is 18.0. The molecule has 0 amide bonds. The van der Waals surface area contributed by atoms with Gasteiger partial charge in [-0.05, 0) is 30.9 Å². The third kappa shape index (κ3) is 3.75.